The van der Waals surface area contributed by atoms with Crippen molar-refractivity contribution in [2.24, 2.45) is 0 Å². The molecule has 0 radical (unpaired) electrons. The Balaban J connectivity index is 1.37. The number of benzene rings is 2. The van der Waals surface area contributed by atoms with Gasteiger partial charge in [-0.15, -0.1) is 11.3 Å². The maximum absolute atomic E-state index is 15.0. The van der Waals surface area contributed by atoms with Crippen molar-refractivity contribution in [1.29, 1.82) is 0 Å². The fourth-order valence-corrected chi connectivity index (χ4v) is 6.90. The number of anilines is 3. The van der Waals surface area contributed by atoms with E-state index in [0.717, 1.165) is 37.7 Å². The molecule has 244 valence electrons. The number of hydrogen-bond acceptors (Lipinski definition) is 7. The number of alkyl halides is 5. The smallest absolute Gasteiger partial charge is 0.393 e. The third kappa shape index (κ3) is 8.48. The minimum atomic E-state index is -4.45. The van der Waals surface area contributed by atoms with E-state index in [1.54, 1.807) is 17.0 Å². The van der Waals surface area contributed by atoms with Crippen LogP contribution in [0.25, 0.3) is 10.1 Å². The van der Waals surface area contributed by atoms with E-state index in [2.05, 4.69) is 46.0 Å². The maximum Gasteiger partial charge on any atom is 0.393 e. The van der Waals surface area contributed by atoms with E-state index in [0.29, 0.717) is 42.4 Å². The summed E-state index contributed by atoms with van der Waals surface area (Å²) in [6.45, 7) is 4.48. The lowest BCUT2D eigenvalue weighted by Gasteiger charge is -2.35. The quantitative estimate of drug-likeness (QED) is 0.186. The second kappa shape index (κ2) is 14.4. The second-order valence-corrected chi connectivity index (χ2v) is 12.4. The van der Waals surface area contributed by atoms with Gasteiger partial charge in [0, 0.05) is 50.4 Å². The number of halogens is 6. The molecule has 45 heavy (non-hydrogen) atoms. The molecule has 3 aromatic rings. The lowest BCUT2D eigenvalue weighted by Crippen LogP contribution is -2.42. The second-order valence-electron chi connectivity index (χ2n) is 11.4. The highest BCUT2D eigenvalue weighted by atomic mass is 32.1. The Morgan fingerprint density at radius 2 is 1.80 bits per heavy atom. The van der Waals surface area contributed by atoms with Crippen LogP contribution in [0.4, 0.5) is 43.4 Å². The summed E-state index contributed by atoms with van der Waals surface area (Å²) in [5.41, 5.74) is 0.944. The van der Waals surface area contributed by atoms with Crippen LogP contribution >= 0.6 is 11.3 Å². The number of nitrogens with one attached hydrogen (secondary N) is 2. The topological polar surface area (TPSA) is 49.0 Å². The minimum Gasteiger partial charge on any atom is -0.433 e. The largest absolute Gasteiger partial charge is 0.433 e. The van der Waals surface area contributed by atoms with E-state index in [1.165, 1.54) is 17.4 Å². The average Bonchev–Trinajstić information content (AvgIpc) is 3.33. The number of hydrogen-bond donors (Lipinski definition) is 2. The van der Waals surface area contributed by atoms with Crippen molar-refractivity contribution in [3.63, 3.8) is 0 Å². The number of nitrogens with zero attached hydrogens (tertiary/aromatic N) is 2. The molecule has 2 aromatic carbocycles. The van der Waals surface area contributed by atoms with Gasteiger partial charge in [0.15, 0.2) is 5.75 Å². The van der Waals surface area contributed by atoms with Gasteiger partial charge in [-0.25, -0.2) is 4.39 Å². The van der Waals surface area contributed by atoms with Crippen molar-refractivity contribution >= 4 is 38.5 Å². The number of rotatable bonds is 9. The fraction of sp³-hybridized carbons (Fsp3) is 0.500. The zero-order valence-corrected chi connectivity index (χ0v) is 25.9. The summed E-state index contributed by atoms with van der Waals surface area (Å²) in [5, 5.41) is 6.83. The Bertz CT molecular complexity index is 1520. The molecule has 2 saturated heterocycles. The molecule has 13 heteroatoms. The van der Waals surface area contributed by atoms with E-state index >= 15 is 4.39 Å². The Hall–Kier alpha value is -3.34. The van der Waals surface area contributed by atoms with Crippen LogP contribution < -0.4 is 20.3 Å². The molecule has 0 unspecified atom stereocenters. The zero-order valence-electron chi connectivity index (χ0n) is 25.1. The first-order valence-electron chi connectivity index (χ1n) is 14.9. The lowest BCUT2D eigenvalue weighted by molar-refractivity contribution is -0.126. The van der Waals surface area contributed by atoms with E-state index in [1.807, 2.05) is 6.07 Å². The molecule has 0 spiro atoms. The van der Waals surface area contributed by atoms with Crippen molar-refractivity contribution in [3.05, 3.63) is 46.6 Å². The Kier molecular flexibility index (Phi) is 10.6. The predicted molar refractivity (Wildman–Crippen MR) is 166 cm³/mol. The van der Waals surface area contributed by atoms with Crippen LogP contribution in [0.2, 0.25) is 0 Å². The lowest BCUT2D eigenvalue weighted by atomic mass is 10.0. The normalized spacial score (nSPS) is 16.7. The van der Waals surface area contributed by atoms with Gasteiger partial charge in [-0.3, -0.25) is 0 Å². The molecule has 0 bridgehead atoms. The van der Waals surface area contributed by atoms with Gasteiger partial charge in [0.05, 0.1) is 52.8 Å². The summed E-state index contributed by atoms with van der Waals surface area (Å²) in [5.74, 6) is 4.75. The molecule has 6 nitrogen and oxygen atoms in total. The Morgan fingerprint density at radius 3 is 2.47 bits per heavy atom. The molecule has 1 aromatic heterocycles. The molecule has 2 fully saturated rings. The molecule has 0 saturated carbocycles. The molecule has 2 aliphatic rings. The first-order chi connectivity index (χ1) is 21.5. The van der Waals surface area contributed by atoms with Crippen molar-refractivity contribution in [3.8, 4) is 17.6 Å². The molecule has 0 aliphatic carbocycles. The van der Waals surface area contributed by atoms with Crippen LogP contribution in [0.1, 0.15) is 37.1 Å². The molecule has 2 aliphatic heterocycles. The SMILES string of the molecule is CC(C)N1CCC(Nc2cccc3c(CC(F)(F)F)c(C#CCNc4cc(F)c(N5CCOCC5)cc4OC(F)F)sc23)CC1. The van der Waals surface area contributed by atoms with Crippen molar-refractivity contribution in [2.75, 3.05) is 61.5 Å². The van der Waals surface area contributed by atoms with Gasteiger partial charge < -0.3 is 29.9 Å². The van der Waals surface area contributed by atoms with Gasteiger partial charge in [-0.2, -0.15) is 22.0 Å². The number of morpholine rings is 1. The fourth-order valence-electron chi connectivity index (χ4n) is 5.73. The van der Waals surface area contributed by atoms with Crippen molar-refractivity contribution in [2.45, 2.75) is 58.0 Å². The van der Waals surface area contributed by atoms with Gasteiger partial charge in [0.2, 0.25) is 0 Å². The van der Waals surface area contributed by atoms with Crippen LogP contribution in [-0.2, 0) is 11.2 Å². The summed E-state index contributed by atoms with van der Waals surface area (Å²) < 4.78 is 93.0. The van der Waals surface area contributed by atoms with Gasteiger partial charge >= 0.3 is 12.8 Å². The summed E-state index contributed by atoms with van der Waals surface area (Å²) in [4.78, 5) is 4.36. The van der Waals surface area contributed by atoms with Gasteiger partial charge in [-0.1, -0.05) is 24.0 Å². The number of ether oxygens (including phenoxy) is 2. The van der Waals surface area contributed by atoms with Crippen LogP contribution in [0.15, 0.2) is 30.3 Å². The third-order valence-corrected chi connectivity index (χ3v) is 9.20. The van der Waals surface area contributed by atoms with Gasteiger partial charge in [0.1, 0.15) is 5.82 Å². The predicted octanol–water partition coefficient (Wildman–Crippen LogP) is 7.33. The molecule has 5 rings (SSSR count). The molecule has 2 N–H and O–H groups in total. The zero-order chi connectivity index (χ0) is 32.1. The first kappa shape index (κ1) is 33.0. The first-order valence-corrected chi connectivity index (χ1v) is 15.8. The number of fused-ring (bicyclic) bond motifs is 1. The van der Waals surface area contributed by atoms with Crippen LogP contribution in [-0.4, -0.2) is 75.7 Å². The van der Waals surface area contributed by atoms with E-state index in [4.69, 9.17) is 4.74 Å². The van der Waals surface area contributed by atoms with Gasteiger partial charge in [0.25, 0.3) is 0 Å². The Labute approximate surface area is 262 Å². The van der Waals surface area contributed by atoms with Crippen molar-refractivity contribution < 1.29 is 35.8 Å². The number of likely N-dealkylation sites (tertiary alicyclic amines) is 1. The minimum absolute atomic E-state index is 0.0408. The highest BCUT2D eigenvalue weighted by molar-refractivity contribution is 7.20. The molecule has 3 heterocycles. The standard InChI is InChI=1S/C32H36F6N4O2S/c1-20(2)41-11-8-21(9-12-41)40-25-6-3-5-22-23(19-32(36,37)38)29(45-30(22)25)7-4-10-39-26-17-24(33)27(18-28(26)44-31(34)35)42-13-15-43-16-14-42/h3,5-6,17-18,20-21,31,39-40H,8-16,19H2,1-2H3. The monoisotopic (exact) mass is 654 g/mol. The van der Waals surface area contributed by atoms with Crippen LogP contribution in [0.5, 0.6) is 5.75 Å². The van der Waals surface area contributed by atoms with Crippen LogP contribution in [0.3, 0.4) is 0 Å². The van der Waals surface area contributed by atoms with Crippen molar-refractivity contribution in [1.82, 2.24) is 4.90 Å². The molecule has 0 amide bonds. The van der Waals surface area contributed by atoms with E-state index in [-0.39, 0.29) is 40.2 Å². The average molecular weight is 655 g/mol. The molecular weight excluding hydrogens is 618 g/mol. The number of thiophene rings is 1. The van der Waals surface area contributed by atoms with Gasteiger partial charge in [-0.05, 0) is 43.7 Å². The van der Waals surface area contributed by atoms with Crippen LogP contribution in [0, 0.1) is 17.7 Å². The highest BCUT2D eigenvalue weighted by Gasteiger charge is 2.31. The summed E-state index contributed by atoms with van der Waals surface area (Å²) >= 11 is 1.19. The summed E-state index contributed by atoms with van der Waals surface area (Å²) in [7, 11) is 0. The van der Waals surface area contributed by atoms with E-state index < -0.39 is 25.0 Å². The Morgan fingerprint density at radius 1 is 1.07 bits per heavy atom. The molecular formula is C32H36F6N4O2S. The van der Waals surface area contributed by atoms with E-state index in [9.17, 15) is 22.0 Å². The number of piperidine rings is 1. The third-order valence-electron chi connectivity index (χ3n) is 8.00. The maximum atomic E-state index is 15.0. The summed E-state index contributed by atoms with van der Waals surface area (Å²) in [6, 6.07) is 8.23. The summed E-state index contributed by atoms with van der Waals surface area (Å²) in [6.07, 6.45) is -3.73. The molecule has 0 atom stereocenters. The highest BCUT2D eigenvalue weighted by Crippen LogP contribution is 2.40.